The van der Waals surface area contributed by atoms with Crippen LogP contribution in [-0.4, -0.2) is 23.3 Å². The SMILES string of the molecule is CCCNC(CSc1ccccn1)C1CC1. The van der Waals surface area contributed by atoms with Crippen LogP contribution in [0.15, 0.2) is 29.4 Å². The van der Waals surface area contributed by atoms with Crippen LogP contribution in [0.3, 0.4) is 0 Å². The first-order valence-electron chi connectivity index (χ1n) is 6.17. The van der Waals surface area contributed by atoms with Gasteiger partial charge in [0.1, 0.15) is 0 Å². The summed E-state index contributed by atoms with van der Waals surface area (Å²) in [4.78, 5) is 4.35. The van der Waals surface area contributed by atoms with Crippen molar-refractivity contribution in [3.05, 3.63) is 24.4 Å². The molecular formula is C13H20N2S. The van der Waals surface area contributed by atoms with E-state index in [0.29, 0.717) is 6.04 Å². The number of thioether (sulfide) groups is 1. The van der Waals surface area contributed by atoms with Crippen LogP contribution in [0.4, 0.5) is 0 Å². The van der Waals surface area contributed by atoms with E-state index in [1.54, 1.807) is 0 Å². The highest BCUT2D eigenvalue weighted by molar-refractivity contribution is 7.99. The van der Waals surface area contributed by atoms with Gasteiger partial charge in [-0.25, -0.2) is 4.98 Å². The van der Waals surface area contributed by atoms with Crippen molar-refractivity contribution in [3.8, 4) is 0 Å². The average molecular weight is 236 g/mol. The van der Waals surface area contributed by atoms with E-state index in [-0.39, 0.29) is 0 Å². The second-order valence-corrected chi connectivity index (χ2v) is 5.42. The molecule has 1 fully saturated rings. The van der Waals surface area contributed by atoms with E-state index in [4.69, 9.17) is 0 Å². The number of hydrogen-bond acceptors (Lipinski definition) is 3. The van der Waals surface area contributed by atoms with Crippen molar-refractivity contribution < 1.29 is 0 Å². The van der Waals surface area contributed by atoms with E-state index >= 15 is 0 Å². The van der Waals surface area contributed by atoms with Crippen molar-refractivity contribution >= 4 is 11.8 Å². The number of rotatable bonds is 7. The monoisotopic (exact) mass is 236 g/mol. The lowest BCUT2D eigenvalue weighted by atomic mass is 10.2. The lowest BCUT2D eigenvalue weighted by Crippen LogP contribution is -2.33. The van der Waals surface area contributed by atoms with Crippen molar-refractivity contribution in [2.45, 2.75) is 37.3 Å². The molecule has 1 aliphatic carbocycles. The second kappa shape index (κ2) is 6.26. The van der Waals surface area contributed by atoms with Gasteiger partial charge in [0.2, 0.25) is 0 Å². The Hall–Kier alpha value is -0.540. The van der Waals surface area contributed by atoms with Gasteiger partial charge in [-0.05, 0) is 43.9 Å². The van der Waals surface area contributed by atoms with Crippen LogP contribution < -0.4 is 5.32 Å². The van der Waals surface area contributed by atoms with Gasteiger partial charge in [0.05, 0.1) is 5.03 Å². The van der Waals surface area contributed by atoms with Crippen molar-refractivity contribution in [2.24, 2.45) is 5.92 Å². The van der Waals surface area contributed by atoms with Crippen LogP contribution in [0.1, 0.15) is 26.2 Å². The van der Waals surface area contributed by atoms with Crippen molar-refractivity contribution in [1.29, 1.82) is 0 Å². The standard InChI is InChI=1S/C13H20N2S/c1-2-8-14-12(11-6-7-11)10-16-13-5-3-4-9-15-13/h3-5,9,11-12,14H,2,6-8,10H2,1H3. The third-order valence-electron chi connectivity index (χ3n) is 2.90. The van der Waals surface area contributed by atoms with E-state index in [1.165, 1.54) is 19.3 Å². The van der Waals surface area contributed by atoms with Gasteiger partial charge in [0, 0.05) is 18.0 Å². The Morgan fingerprint density at radius 2 is 2.38 bits per heavy atom. The minimum atomic E-state index is 0.687. The van der Waals surface area contributed by atoms with E-state index in [9.17, 15) is 0 Å². The van der Waals surface area contributed by atoms with Gasteiger partial charge in [-0.3, -0.25) is 0 Å². The Bertz CT molecular complexity index is 298. The number of nitrogens with zero attached hydrogens (tertiary/aromatic N) is 1. The summed E-state index contributed by atoms with van der Waals surface area (Å²) >= 11 is 1.87. The number of aromatic nitrogens is 1. The molecule has 0 radical (unpaired) electrons. The molecular weight excluding hydrogens is 216 g/mol. The summed E-state index contributed by atoms with van der Waals surface area (Å²) in [6, 6.07) is 6.81. The van der Waals surface area contributed by atoms with Crippen LogP contribution in [0.25, 0.3) is 0 Å². The molecule has 0 aromatic carbocycles. The topological polar surface area (TPSA) is 24.9 Å². The summed E-state index contributed by atoms with van der Waals surface area (Å²) in [6.45, 7) is 3.37. The van der Waals surface area contributed by atoms with Crippen molar-refractivity contribution in [1.82, 2.24) is 10.3 Å². The first kappa shape index (κ1) is 11.9. The second-order valence-electron chi connectivity index (χ2n) is 4.38. The first-order valence-corrected chi connectivity index (χ1v) is 7.16. The average Bonchev–Trinajstić information content (AvgIpc) is 3.15. The number of pyridine rings is 1. The summed E-state index contributed by atoms with van der Waals surface area (Å²) in [5, 5.41) is 4.80. The van der Waals surface area contributed by atoms with Crippen molar-refractivity contribution in [3.63, 3.8) is 0 Å². The van der Waals surface area contributed by atoms with Gasteiger partial charge >= 0.3 is 0 Å². The number of nitrogens with one attached hydrogen (secondary N) is 1. The molecule has 0 bridgehead atoms. The van der Waals surface area contributed by atoms with Gasteiger partial charge in [-0.2, -0.15) is 0 Å². The predicted octanol–water partition coefficient (Wildman–Crippen LogP) is 2.95. The smallest absolute Gasteiger partial charge is 0.0960 e. The highest BCUT2D eigenvalue weighted by Crippen LogP contribution is 2.34. The Morgan fingerprint density at radius 1 is 1.50 bits per heavy atom. The maximum atomic E-state index is 4.35. The Morgan fingerprint density at radius 3 is 3.00 bits per heavy atom. The molecule has 2 rings (SSSR count). The van der Waals surface area contributed by atoms with Gasteiger partial charge in [0.25, 0.3) is 0 Å². The number of hydrogen-bond donors (Lipinski definition) is 1. The van der Waals surface area contributed by atoms with E-state index in [1.807, 2.05) is 24.0 Å². The van der Waals surface area contributed by atoms with Gasteiger partial charge in [-0.15, -0.1) is 11.8 Å². The molecule has 1 unspecified atom stereocenters. The summed E-state index contributed by atoms with van der Waals surface area (Å²) in [6.07, 6.45) is 5.90. The molecule has 2 nitrogen and oxygen atoms in total. The largest absolute Gasteiger partial charge is 0.313 e. The Kier molecular flexibility index (Phi) is 4.67. The Labute approximate surface area is 102 Å². The molecule has 0 saturated heterocycles. The molecule has 1 aromatic rings. The fourth-order valence-corrected chi connectivity index (χ4v) is 2.85. The molecule has 16 heavy (non-hydrogen) atoms. The van der Waals surface area contributed by atoms with Gasteiger partial charge < -0.3 is 5.32 Å². The first-order chi connectivity index (χ1) is 7.90. The summed E-state index contributed by atoms with van der Waals surface area (Å²) in [7, 11) is 0. The van der Waals surface area contributed by atoms with Crippen LogP contribution in [0.5, 0.6) is 0 Å². The lowest BCUT2D eigenvalue weighted by molar-refractivity contribution is 0.503. The summed E-state index contributed by atoms with van der Waals surface area (Å²) in [5.41, 5.74) is 0. The fourth-order valence-electron chi connectivity index (χ4n) is 1.80. The van der Waals surface area contributed by atoms with Crippen LogP contribution in [-0.2, 0) is 0 Å². The molecule has 0 amide bonds. The highest BCUT2D eigenvalue weighted by Gasteiger charge is 2.30. The van der Waals surface area contributed by atoms with E-state index < -0.39 is 0 Å². The maximum absolute atomic E-state index is 4.35. The quantitative estimate of drug-likeness (QED) is 0.737. The molecule has 3 heteroatoms. The molecule has 1 heterocycles. The molecule has 0 spiro atoms. The van der Waals surface area contributed by atoms with Crippen molar-refractivity contribution in [2.75, 3.05) is 12.3 Å². The zero-order valence-electron chi connectivity index (χ0n) is 9.86. The van der Waals surface area contributed by atoms with Crippen LogP contribution >= 0.6 is 11.8 Å². The molecule has 88 valence electrons. The predicted molar refractivity (Wildman–Crippen MR) is 69.8 cm³/mol. The molecule has 0 aliphatic heterocycles. The fraction of sp³-hybridized carbons (Fsp3) is 0.615. The van der Waals surface area contributed by atoms with Gasteiger partial charge in [0.15, 0.2) is 0 Å². The normalized spacial score (nSPS) is 17.3. The third kappa shape index (κ3) is 3.80. The zero-order chi connectivity index (χ0) is 11.2. The maximum Gasteiger partial charge on any atom is 0.0960 e. The van der Waals surface area contributed by atoms with Crippen LogP contribution in [0.2, 0.25) is 0 Å². The molecule has 1 aliphatic rings. The molecule has 1 N–H and O–H groups in total. The Balaban J connectivity index is 1.77. The zero-order valence-corrected chi connectivity index (χ0v) is 10.7. The van der Waals surface area contributed by atoms with Gasteiger partial charge in [-0.1, -0.05) is 13.0 Å². The molecule has 1 saturated carbocycles. The highest BCUT2D eigenvalue weighted by atomic mass is 32.2. The van der Waals surface area contributed by atoms with E-state index in [0.717, 1.165) is 23.2 Å². The molecule has 1 aromatic heterocycles. The summed E-state index contributed by atoms with van der Waals surface area (Å²) in [5.74, 6) is 2.07. The van der Waals surface area contributed by atoms with E-state index in [2.05, 4.69) is 29.4 Å². The lowest BCUT2D eigenvalue weighted by Gasteiger charge is -2.17. The molecule has 1 atom stereocenters. The minimum absolute atomic E-state index is 0.687. The third-order valence-corrected chi connectivity index (χ3v) is 3.96. The van der Waals surface area contributed by atoms with Crippen LogP contribution in [0, 0.1) is 5.92 Å². The minimum Gasteiger partial charge on any atom is -0.313 e. The summed E-state index contributed by atoms with van der Waals surface area (Å²) < 4.78 is 0.